The van der Waals surface area contributed by atoms with Gasteiger partial charge in [-0.25, -0.2) is 4.39 Å². The number of halogens is 1. The van der Waals surface area contributed by atoms with Crippen LogP contribution in [0, 0.1) is 5.82 Å². The van der Waals surface area contributed by atoms with Gasteiger partial charge in [-0.3, -0.25) is 4.79 Å². The van der Waals surface area contributed by atoms with Gasteiger partial charge in [-0.15, -0.1) is 0 Å². The molecular weight excluding hydrogens is 323 g/mol. The molecule has 0 aliphatic carbocycles. The summed E-state index contributed by atoms with van der Waals surface area (Å²) in [5.41, 5.74) is 1.30. The van der Waals surface area contributed by atoms with Crippen LogP contribution in [0.4, 0.5) is 4.39 Å². The van der Waals surface area contributed by atoms with Gasteiger partial charge >= 0.3 is 0 Å². The molecular formula is C19H23FN2O3. The quantitative estimate of drug-likeness (QED) is 0.838. The van der Waals surface area contributed by atoms with Crippen LogP contribution < -0.4 is 14.8 Å². The van der Waals surface area contributed by atoms with Crippen LogP contribution in [0.2, 0.25) is 0 Å². The van der Waals surface area contributed by atoms with Gasteiger partial charge in [0.25, 0.3) is 5.91 Å². The third-order valence-electron chi connectivity index (χ3n) is 3.99. The van der Waals surface area contributed by atoms with Crippen molar-refractivity contribution in [3.63, 3.8) is 0 Å². The molecule has 25 heavy (non-hydrogen) atoms. The van der Waals surface area contributed by atoms with E-state index < -0.39 is 5.82 Å². The second-order valence-corrected chi connectivity index (χ2v) is 5.81. The molecule has 2 aromatic rings. The molecule has 0 saturated heterocycles. The van der Waals surface area contributed by atoms with Gasteiger partial charge in [0, 0.05) is 12.1 Å². The Hall–Kier alpha value is -2.60. The highest BCUT2D eigenvalue weighted by Gasteiger charge is 2.17. The van der Waals surface area contributed by atoms with Gasteiger partial charge in [0.15, 0.2) is 11.6 Å². The summed E-state index contributed by atoms with van der Waals surface area (Å²) in [5.74, 6) is -0.00340. The van der Waals surface area contributed by atoms with Crippen molar-refractivity contribution in [1.82, 2.24) is 10.2 Å². The number of methoxy groups -OCH3 is 2. The number of nitrogens with one attached hydrogen (secondary N) is 1. The number of benzene rings is 2. The van der Waals surface area contributed by atoms with Crippen LogP contribution in [-0.2, 0) is 0 Å². The Balaban J connectivity index is 2.07. The minimum atomic E-state index is -0.561. The summed E-state index contributed by atoms with van der Waals surface area (Å²) in [5, 5.41) is 2.85. The fourth-order valence-electron chi connectivity index (χ4n) is 2.52. The van der Waals surface area contributed by atoms with Crippen molar-refractivity contribution in [2.24, 2.45) is 0 Å². The summed E-state index contributed by atoms with van der Waals surface area (Å²) < 4.78 is 23.8. The molecule has 2 aromatic carbocycles. The highest BCUT2D eigenvalue weighted by Crippen LogP contribution is 2.21. The molecule has 0 spiro atoms. The minimum absolute atomic E-state index is 0.0158. The zero-order valence-electron chi connectivity index (χ0n) is 14.9. The highest BCUT2D eigenvalue weighted by atomic mass is 19.1. The SMILES string of the molecule is COc1ccc([C@H](CNC(=O)c2ccc(OC)c(F)c2)N(C)C)cc1. The molecule has 6 heteroatoms. The summed E-state index contributed by atoms with van der Waals surface area (Å²) in [6.07, 6.45) is 0. The van der Waals surface area contributed by atoms with Crippen LogP contribution in [-0.4, -0.2) is 45.7 Å². The lowest BCUT2D eigenvalue weighted by molar-refractivity contribution is 0.0941. The summed E-state index contributed by atoms with van der Waals surface area (Å²) in [7, 11) is 6.88. The first-order valence-corrected chi connectivity index (χ1v) is 7.88. The van der Waals surface area contributed by atoms with Crippen molar-refractivity contribution >= 4 is 5.91 Å². The Morgan fingerprint density at radius 3 is 2.32 bits per heavy atom. The number of carbonyl (C=O) groups excluding carboxylic acids is 1. The smallest absolute Gasteiger partial charge is 0.251 e. The first kappa shape index (κ1) is 18.7. The first-order chi connectivity index (χ1) is 12.0. The summed E-state index contributed by atoms with van der Waals surface area (Å²) in [6, 6.07) is 11.8. The van der Waals surface area contributed by atoms with Gasteiger partial charge in [0.2, 0.25) is 0 Å². The van der Waals surface area contributed by atoms with Crippen LogP contribution in [0.25, 0.3) is 0 Å². The maximum Gasteiger partial charge on any atom is 0.251 e. The van der Waals surface area contributed by atoms with E-state index in [1.807, 2.05) is 43.3 Å². The second-order valence-electron chi connectivity index (χ2n) is 5.81. The van der Waals surface area contributed by atoms with Gasteiger partial charge in [-0.05, 0) is 50.0 Å². The van der Waals surface area contributed by atoms with E-state index in [0.29, 0.717) is 6.54 Å². The van der Waals surface area contributed by atoms with E-state index in [0.717, 1.165) is 11.3 Å². The largest absolute Gasteiger partial charge is 0.497 e. The van der Waals surface area contributed by atoms with Crippen LogP contribution in [0.5, 0.6) is 11.5 Å². The predicted molar refractivity (Wildman–Crippen MR) is 94.7 cm³/mol. The molecule has 1 atom stereocenters. The molecule has 0 bridgehead atoms. The standard InChI is InChI=1S/C19H23FN2O3/c1-22(2)17(13-5-8-15(24-3)9-6-13)12-21-19(23)14-7-10-18(25-4)16(20)11-14/h5-11,17H,12H2,1-4H3,(H,21,23)/t17-/m0/s1. The molecule has 1 N–H and O–H groups in total. The number of carbonyl (C=O) groups is 1. The summed E-state index contributed by atoms with van der Waals surface area (Å²) >= 11 is 0. The number of hydrogen-bond acceptors (Lipinski definition) is 4. The van der Waals surface area contributed by atoms with E-state index in [-0.39, 0.29) is 23.3 Å². The van der Waals surface area contributed by atoms with Crippen molar-refractivity contribution in [2.75, 3.05) is 34.9 Å². The number of nitrogens with zero attached hydrogens (tertiary/aromatic N) is 1. The lowest BCUT2D eigenvalue weighted by Crippen LogP contribution is -2.34. The predicted octanol–water partition coefficient (Wildman–Crippen LogP) is 2.88. The third-order valence-corrected chi connectivity index (χ3v) is 3.99. The highest BCUT2D eigenvalue weighted by molar-refractivity contribution is 5.94. The molecule has 1 amide bonds. The van der Waals surface area contributed by atoms with Crippen molar-refractivity contribution in [2.45, 2.75) is 6.04 Å². The number of hydrogen-bond donors (Lipinski definition) is 1. The average Bonchev–Trinajstić information content (AvgIpc) is 2.61. The lowest BCUT2D eigenvalue weighted by Gasteiger charge is -2.25. The Kier molecular flexibility index (Phi) is 6.36. The zero-order chi connectivity index (χ0) is 18.4. The number of rotatable bonds is 7. The molecule has 2 rings (SSSR count). The molecule has 5 nitrogen and oxygen atoms in total. The third kappa shape index (κ3) is 4.70. The molecule has 0 aliphatic rings. The van der Waals surface area contributed by atoms with E-state index >= 15 is 0 Å². The van der Waals surface area contributed by atoms with Crippen LogP contribution >= 0.6 is 0 Å². The number of amides is 1. The fourth-order valence-corrected chi connectivity index (χ4v) is 2.52. The number of likely N-dealkylation sites (N-methyl/N-ethyl adjacent to an activating group) is 1. The molecule has 0 unspecified atom stereocenters. The topological polar surface area (TPSA) is 50.8 Å². The molecule has 0 aliphatic heterocycles. The normalized spacial score (nSPS) is 11.9. The minimum Gasteiger partial charge on any atom is -0.497 e. The van der Waals surface area contributed by atoms with E-state index in [2.05, 4.69) is 5.32 Å². The van der Waals surface area contributed by atoms with Gasteiger partial charge in [0.05, 0.1) is 20.3 Å². The zero-order valence-corrected chi connectivity index (χ0v) is 14.9. The van der Waals surface area contributed by atoms with Gasteiger partial charge in [-0.1, -0.05) is 12.1 Å². The monoisotopic (exact) mass is 346 g/mol. The maximum atomic E-state index is 13.7. The van der Waals surface area contributed by atoms with E-state index in [1.54, 1.807) is 7.11 Å². The van der Waals surface area contributed by atoms with E-state index in [4.69, 9.17) is 9.47 Å². The lowest BCUT2D eigenvalue weighted by atomic mass is 10.1. The van der Waals surface area contributed by atoms with Crippen molar-refractivity contribution in [1.29, 1.82) is 0 Å². The van der Waals surface area contributed by atoms with Crippen LogP contribution in [0.1, 0.15) is 22.0 Å². The Morgan fingerprint density at radius 1 is 1.12 bits per heavy atom. The van der Waals surface area contributed by atoms with Crippen molar-refractivity contribution in [3.05, 3.63) is 59.4 Å². The Morgan fingerprint density at radius 2 is 1.80 bits per heavy atom. The van der Waals surface area contributed by atoms with Gasteiger partial charge in [-0.2, -0.15) is 0 Å². The molecule has 0 aromatic heterocycles. The van der Waals surface area contributed by atoms with Gasteiger partial charge < -0.3 is 19.7 Å². The Bertz CT molecular complexity index is 717. The molecule has 0 saturated carbocycles. The fraction of sp³-hybridized carbons (Fsp3) is 0.316. The molecule has 0 fully saturated rings. The maximum absolute atomic E-state index is 13.7. The second kappa shape index (κ2) is 8.48. The summed E-state index contributed by atoms with van der Waals surface area (Å²) in [4.78, 5) is 14.3. The number of ether oxygens (including phenoxy) is 2. The van der Waals surface area contributed by atoms with Crippen molar-refractivity contribution < 1.29 is 18.7 Å². The van der Waals surface area contributed by atoms with Crippen molar-refractivity contribution in [3.8, 4) is 11.5 Å². The van der Waals surface area contributed by atoms with Crippen LogP contribution in [0.3, 0.4) is 0 Å². The summed E-state index contributed by atoms with van der Waals surface area (Å²) in [6.45, 7) is 0.395. The molecule has 134 valence electrons. The average molecular weight is 346 g/mol. The van der Waals surface area contributed by atoms with E-state index in [9.17, 15) is 9.18 Å². The molecule has 0 radical (unpaired) electrons. The van der Waals surface area contributed by atoms with Gasteiger partial charge in [0.1, 0.15) is 5.75 Å². The first-order valence-electron chi connectivity index (χ1n) is 7.88. The molecule has 0 heterocycles. The van der Waals surface area contributed by atoms with E-state index in [1.165, 1.54) is 25.3 Å². The van der Waals surface area contributed by atoms with Crippen LogP contribution in [0.15, 0.2) is 42.5 Å². The Labute approximate surface area is 147 Å².